The number of aromatic nitrogens is 1. The first-order valence-electron chi connectivity index (χ1n) is 7.17. The highest BCUT2D eigenvalue weighted by Crippen LogP contribution is 2.18. The highest BCUT2D eigenvalue weighted by Gasteiger charge is 2.36. The van der Waals surface area contributed by atoms with Crippen LogP contribution in [0.15, 0.2) is 10.9 Å². The number of rotatable bonds is 5. The summed E-state index contributed by atoms with van der Waals surface area (Å²) in [6.07, 6.45) is 3.62. The molecule has 0 fully saturated rings. The number of carboxylic acid groups (broad SMARTS) is 1. The number of H-pyrrole nitrogens is 1. The quantitative estimate of drug-likeness (QED) is 0.733. The molecule has 3 N–H and O–H groups in total. The molecule has 7 nitrogen and oxygen atoms in total. The Labute approximate surface area is 127 Å². The maximum absolute atomic E-state index is 12.3. The number of aliphatic carboxylic acids is 1. The Hall–Kier alpha value is -2.15. The van der Waals surface area contributed by atoms with Crippen LogP contribution in [0.25, 0.3) is 0 Å². The van der Waals surface area contributed by atoms with Crippen molar-refractivity contribution in [3.8, 4) is 0 Å². The molecule has 7 heteroatoms. The third kappa shape index (κ3) is 3.19. The van der Waals surface area contributed by atoms with Gasteiger partial charge < -0.3 is 20.1 Å². The zero-order valence-electron chi connectivity index (χ0n) is 12.7. The molecule has 0 saturated carbocycles. The van der Waals surface area contributed by atoms with E-state index in [1.165, 1.54) is 14.0 Å². The lowest BCUT2D eigenvalue weighted by molar-refractivity contribution is -0.145. The zero-order chi connectivity index (χ0) is 16.3. The summed E-state index contributed by atoms with van der Waals surface area (Å²) < 4.78 is 4.84. The Balaban J connectivity index is 2.29. The molecule has 1 aliphatic rings. The van der Waals surface area contributed by atoms with Gasteiger partial charge in [-0.25, -0.2) is 4.79 Å². The summed E-state index contributed by atoms with van der Waals surface area (Å²) in [6.45, 7) is 1.14. The van der Waals surface area contributed by atoms with Crippen LogP contribution in [0.3, 0.4) is 0 Å². The molecule has 1 aromatic rings. The van der Waals surface area contributed by atoms with E-state index in [2.05, 4.69) is 10.3 Å². The second-order valence-corrected chi connectivity index (χ2v) is 5.75. The summed E-state index contributed by atoms with van der Waals surface area (Å²) in [7, 11) is 1.35. The first-order chi connectivity index (χ1) is 10.4. The Kier molecular flexibility index (Phi) is 4.65. The number of hydrogen-bond acceptors (Lipinski definition) is 4. The first kappa shape index (κ1) is 16.2. The number of pyridine rings is 1. The number of aromatic amines is 1. The predicted molar refractivity (Wildman–Crippen MR) is 79.1 cm³/mol. The van der Waals surface area contributed by atoms with Crippen LogP contribution in [0, 0.1) is 0 Å². The van der Waals surface area contributed by atoms with Crippen molar-refractivity contribution in [2.45, 2.75) is 38.1 Å². The van der Waals surface area contributed by atoms with E-state index in [4.69, 9.17) is 4.74 Å². The van der Waals surface area contributed by atoms with Gasteiger partial charge in [0.05, 0.1) is 6.61 Å². The van der Waals surface area contributed by atoms with Gasteiger partial charge in [-0.1, -0.05) is 0 Å². The molecule has 0 radical (unpaired) electrons. The van der Waals surface area contributed by atoms with Gasteiger partial charge in [-0.15, -0.1) is 0 Å². The fourth-order valence-electron chi connectivity index (χ4n) is 2.60. The maximum Gasteiger partial charge on any atom is 0.331 e. The molecule has 1 aliphatic carbocycles. The Morgan fingerprint density at radius 2 is 2.09 bits per heavy atom. The number of carboxylic acids is 1. The minimum atomic E-state index is -1.59. The van der Waals surface area contributed by atoms with E-state index in [0.29, 0.717) is 0 Å². The lowest BCUT2D eigenvalue weighted by Crippen LogP contribution is -2.56. The van der Waals surface area contributed by atoms with Gasteiger partial charge in [0.1, 0.15) is 5.56 Å². The van der Waals surface area contributed by atoms with Crippen LogP contribution in [-0.2, 0) is 22.4 Å². The molecule has 120 valence electrons. The third-order valence-corrected chi connectivity index (χ3v) is 3.88. The van der Waals surface area contributed by atoms with Crippen molar-refractivity contribution in [1.82, 2.24) is 10.3 Å². The molecule has 0 saturated heterocycles. The van der Waals surface area contributed by atoms with Gasteiger partial charge in [-0.3, -0.25) is 9.59 Å². The predicted octanol–water partition coefficient (Wildman–Crippen LogP) is 0.473. The first-order valence-corrected chi connectivity index (χ1v) is 7.17. The molecule has 1 aromatic heterocycles. The van der Waals surface area contributed by atoms with Crippen LogP contribution in [-0.4, -0.2) is 41.2 Å². The lowest BCUT2D eigenvalue weighted by atomic mass is 9.94. The van der Waals surface area contributed by atoms with Crippen LogP contribution < -0.4 is 10.9 Å². The van der Waals surface area contributed by atoms with Gasteiger partial charge in [-0.2, -0.15) is 0 Å². The van der Waals surface area contributed by atoms with Crippen molar-refractivity contribution >= 4 is 11.9 Å². The Morgan fingerprint density at radius 1 is 1.41 bits per heavy atom. The average Bonchev–Trinajstić information content (AvgIpc) is 2.46. The van der Waals surface area contributed by atoms with E-state index in [9.17, 15) is 19.5 Å². The fourth-order valence-corrected chi connectivity index (χ4v) is 2.60. The number of ether oxygens (including phenoxy) is 1. The molecule has 22 heavy (non-hydrogen) atoms. The van der Waals surface area contributed by atoms with Gasteiger partial charge in [-0.05, 0) is 44.2 Å². The summed E-state index contributed by atoms with van der Waals surface area (Å²) in [6, 6.07) is 1.57. The number of amides is 1. The number of carbonyl (C=O) groups is 2. The van der Waals surface area contributed by atoms with Gasteiger partial charge in [0.15, 0.2) is 5.54 Å². The molecule has 1 heterocycles. The van der Waals surface area contributed by atoms with Crippen molar-refractivity contribution in [2.24, 2.45) is 0 Å². The van der Waals surface area contributed by atoms with E-state index in [-0.39, 0.29) is 12.2 Å². The summed E-state index contributed by atoms with van der Waals surface area (Å²) in [5.74, 6) is -1.94. The number of nitrogens with one attached hydrogen (secondary N) is 2. The van der Waals surface area contributed by atoms with Crippen molar-refractivity contribution < 1.29 is 19.4 Å². The van der Waals surface area contributed by atoms with Gasteiger partial charge in [0.25, 0.3) is 11.5 Å². The fraction of sp³-hybridized carbons (Fsp3) is 0.533. The molecule has 1 amide bonds. The number of carbonyl (C=O) groups excluding carboxylic acids is 1. The third-order valence-electron chi connectivity index (χ3n) is 3.88. The molecule has 0 aliphatic heterocycles. The van der Waals surface area contributed by atoms with Crippen molar-refractivity contribution in [2.75, 3.05) is 13.7 Å². The van der Waals surface area contributed by atoms with Crippen molar-refractivity contribution in [1.29, 1.82) is 0 Å². The minimum absolute atomic E-state index is 0.0655. The Bertz CT molecular complexity index is 652. The molecule has 1 atom stereocenters. The van der Waals surface area contributed by atoms with E-state index in [1.54, 1.807) is 6.07 Å². The highest BCUT2D eigenvalue weighted by atomic mass is 16.5. The number of hydrogen-bond donors (Lipinski definition) is 3. The smallest absolute Gasteiger partial charge is 0.331 e. The topological polar surface area (TPSA) is 108 Å². The number of fused-ring (bicyclic) bond motifs is 1. The van der Waals surface area contributed by atoms with E-state index >= 15 is 0 Å². The molecule has 0 aromatic carbocycles. The van der Waals surface area contributed by atoms with Crippen molar-refractivity contribution in [3.05, 3.63) is 33.2 Å². The number of aryl methyl sites for hydroxylation is 2. The molecular formula is C15H20N2O5. The van der Waals surface area contributed by atoms with Crippen LogP contribution in [0.2, 0.25) is 0 Å². The standard InChI is InChI=1S/C15H20N2O5/c1-15(8-22-2,14(20)21)17-13(19)10-7-9-5-3-4-6-11(9)16-12(10)18/h7H,3-6,8H2,1-2H3,(H,16,18)(H,17,19)(H,20,21). The monoisotopic (exact) mass is 308 g/mol. The average molecular weight is 308 g/mol. The van der Waals surface area contributed by atoms with E-state index in [0.717, 1.165) is 36.9 Å². The van der Waals surface area contributed by atoms with Crippen LogP contribution in [0.1, 0.15) is 41.4 Å². The van der Waals surface area contributed by atoms with Crippen LogP contribution in [0.5, 0.6) is 0 Å². The zero-order valence-corrected chi connectivity index (χ0v) is 12.7. The Morgan fingerprint density at radius 3 is 2.73 bits per heavy atom. The molecule has 0 spiro atoms. The molecule has 1 unspecified atom stereocenters. The summed E-state index contributed by atoms with van der Waals surface area (Å²) >= 11 is 0. The minimum Gasteiger partial charge on any atom is -0.479 e. The van der Waals surface area contributed by atoms with Gasteiger partial charge in [0.2, 0.25) is 0 Å². The maximum atomic E-state index is 12.3. The lowest BCUT2D eigenvalue weighted by Gasteiger charge is -2.25. The largest absolute Gasteiger partial charge is 0.479 e. The van der Waals surface area contributed by atoms with Gasteiger partial charge in [0, 0.05) is 12.8 Å². The normalized spacial score (nSPS) is 16.5. The molecule has 0 bridgehead atoms. The van der Waals surface area contributed by atoms with Crippen LogP contribution in [0.4, 0.5) is 0 Å². The van der Waals surface area contributed by atoms with E-state index < -0.39 is 23.0 Å². The van der Waals surface area contributed by atoms with E-state index in [1.807, 2.05) is 0 Å². The molecular weight excluding hydrogens is 288 g/mol. The van der Waals surface area contributed by atoms with Crippen molar-refractivity contribution in [3.63, 3.8) is 0 Å². The highest BCUT2D eigenvalue weighted by molar-refractivity contribution is 5.97. The molecule has 2 rings (SSSR count). The SMILES string of the molecule is COCC(C)(NC(=O)c1cc2c([nH]c1=O)CCCC2)C(=O)O. The number of methoxy groups -OCH3 is 1. The summed E-state index contributed by atoms with van der Waals surface area (Å²) in [5, 5.41) is 11.6. The second kappa shape index (κ2) is 6.31. The van der Waals surface area contributed by atoms with Crippen LogP contribution >= 0.6 is 0 Å². The summed E-state index contributed by atoms with van der Waals surface area (Å²) in [5.41, 5.74) is -0.341. The second-order valence-electron chi connectivity index (χ2n) is 5.75. The van der Waals surface area contributed by atoms with Gasteiger partial charge >= 0.3 is 5.97 Å². The summed E-state index contributed by atoms with van der Waals surface area (Å²) in [4.78, 5) is 38.4.